The lowest BCUT2D eigenvalue weighted by atomic mass is 9.95. The highest BCUT2D eigenvalue weighted by molar-refractivity contribution is 7.25. The van der Waals surface area contributed by atoms with Crippen LogP contribution in [0.25, 0.3) is 114 Å². The molecule has 5 heteroatoms. The van der Waals surface area contributed by atoms with Crippen molar-refractivity contribution in [1.82, 2.24) is 19.5 Å². The van der Waals surface area contributed by atoms with E-state index in [9.17, 15) is 0 Å². The maximum atomic E-state index is 5.45. The van der Waals surface area contributed by atoms with Crippen LogP contribution in [0.2, 0.25) is 0 Å². The fraction of sp³-hybridized carbons (Fsp3) is 0. The van der Waals surface area contributed by atoms with Crippen molar-refractivity contribution in [2.45, 2.75) is 0 Å². The van der Waals surface area contributed by atoms with Gasteiger partial charge in [0.25, 0.3) is 0 Å². The molecule has 12 aromatic rings. The van der Waals surface area contributed by atoms with Crippen LogP contribution < -0.4 is 0 Å². The van der Waals surface area contributed by atoms with Crippen molar-refractivity contribution < 1.29 is 0 Å². The molecular formula is C51H30N4S. The van der Waals surface area contributed by atoms with Gasteiger partial charge in [-0.2, -0.15) is 9.97 Å². The molecule has 0 radical (unpaired) electrons. The van der Waals surface area contributed by atoms with Gasteiger partial charge in [-0.3, -0.25) is 4.57 Å². The molecule has 0 aliphatic carbocycles. The van der Waals surface area contributed by atoms with Gasteiger partial charge in [-0.15, -0.1) is 11.3 Å². The molecule has 260 valence electrons. The van der Waals surface area contributed by atoms with Gasteiger partial charge in [-0.1, -0.05) is 164 Å². The molecule has 9 aromatic carbocycles. The lowest BCUT2D eigenvalue weighted by Gasteiger charge is -2.15. The molecule has 0 N–H and O–H groups in total. The highest BCUT2D eigenvalue weighted by Gasteiger charge is 2.25. The molecular weight excluding hydrogens is 701 g/mol. The molecule has 0 saturated carbocycles. The molecule has 3 heterocycles. The van der Waals surface area contributed by atoms with Crippen molar-refractivity contribution in [1.29, 1.82) is 0 Å². The van der Waals surface area contributed by atoms with Crippen LogP contribution in [0.5, 0.6) is 0 Å². The van der Waals surface area contributed by atoms with Crippen LogP contribution in [0.15, 0.2) is 182 Å². The van der Waals surface area contributed by atoms with Gasteiger partial charge in [0.15, 0.2) is 11.6 Å². The molecule has 56 heavy (non-hydrogen) atoms. The van der Waals surface area contributed by atoms with E-state index in [0.717, 1.165) is 43.9 Å². The molecule has 0 fully saturated rings. The summed E-state index contributed by atoms with van der Waals surface area (Å²) in [5, 5.41) is 12.0. The summed E-state index contributed by atoms with van der Waals surface area (Å²) in [5.41, 5.74) is 6.35. The maximum absolute atomic E-state index is 5.45. The van der Waals surface area contributed by atoms with Gasteiger partial charge in [0.1, 0.15) is 0 Å². The van der Waals surface area contributed by atoms with Crippen LogP contribution in [0.4, 0.5) is 0 Å². The maximum Gasteiger partial charge on any atom is 0.238 e. The number of fused-ring (bicyclic) bond motifs is 12. The van der Waals surface area contributed by atoms with E-state index in [-0.39, 0.29) is 0 Å². The third kappa shape index (κ3) is 4.62. The summed E-state index contributed by atoms with van der Waals surface area (Å²) in [6, 6.07) is 64.9. The summed E-state index contributed by atoms with van der Waals surface area (Å²) in [6.07, 6.45) is 0. The van der Waals surface area contributed by atoms with Gasteiger partial charge < -0.3 is 0 Å². The average Bonchev–Trinajstić information content (AvgIpc) is 3.83. The second-order valence-corrected chi connectivity index (χ2v) is 15.4. The first-order valence-corrected chi connectivity index (χ1v) is 19.7. The van der Waals surface area contributed by atoms with E-state index in [1.54, 1.807) is 0 Å². The summed E-state index contributed by atoms with van der Waals surface area (Å²) >= 11 is 1.85. The summed E-state index contributed by atoms with van der Waals surface area (Å²) in [5.74, 6) is 1.84. The van der Waals surface area contributed by atoms with Crippen LogP contribution in [-0.4, -0.2) is 19.5 Å². The van der Waals surface area contributed by atoms with Crippen molar-refractivity contribution >= 4 is 85.6 Å². The Bertz CT molecular complexity index is 3540. The van der Waals surface area contributed by atoms with E-state index in [2.05, 4.69) is 168 Å². The number of thiophene rings is 1. The predicted molar refractivity (Wildman–Crippen MR) is 236 cm³/mol. The van der Waals surface area contributed by atoms with Crippen LogP contribution in [0.1, 0.15) is 0 Å². The fourth-order valence-corrected chi connectivity index (χ4v) is 9.91. The minimum Gasteiger partial charge on any atom is -0.277 e. The Morgan fingerprint density at radius 1 is 0.357 bits per heavy atom. The molecule has 0 spiro atoms. The number of para-hydroxylation sites is 1. The average molecular weight is 731 g/mol. The molecule has 3 aromatic heterocycles. The van der Waals surface area contributed by atoms with Crippen molar-refractivity contribution in [3.8, 4) is 39.9 Å². The first-order valence-electron chi connectivity index (χ1n) is 18.9. The minimum atomic E-state index is 0.581. The standard InChI is InChI=1S/C51H30N4S/c1-2-15-32(16-3-1)49-52-50(34-29-28-31-14-4-5-17-33(31)30-34)54-51(53-49)55-47-40(38-23-13-27-44-45(38)41-22-10-11-26-43(41)56-44)24-12-25-42(47)46-37-20-8-6-18-35(37)36-19-7-9-21-39(36)48(46)55/h1-30H. The minimum absolute atomic E-state index is 0.581. The van der Waals surface area contributed by atoms with Crippen molar-refractivity contribution in [2.24, 2.45) is 0 Å². The number of benzene rings is 9. The molecule has 0 bridgehead atoms. The first kappa shape index (κ1) is 31.2. The van der Waals surface area contributed by atoms with Gasteiger partial charge in [0, 0.05) is 53.0 Å². The zero-order valence-electron chi connectivity index (χ0n) is 30.0. The Balaban J connectivity index is 1.28. The monoisotopic (exact) mass is 730 g/mol. The van der Waals surface area contributed by atoms with Crippen molar-refractivity contribution in [3.05, 3.63) is 182 Å². The summed E-state index contributed by atoms with van der Waals surface area (Å²) in [7, 11) is 0. The van der Waals surface area contributed by atoms with Crippen LogP contribution >= 0.6 is 11.3 Å². The van der Waals surface area contributed by atoms with E-state index >= 15 is 0 Å². The van der Waals surface area contributed by atoms with E-state index in [0.29, 0.717) is 17.6 Å². The number of rotatable bonds is 4. The zero-order valence-corrected chi connectivity index (χ0v) is 30.8. The molecule has 4 nitrogen and oxygen atoms in total. The Kier molecular flexibility index (Phi) is 6.76. The van der Waals surface area contributed by atoms with E-state index in [1.165, 1.54) is 52.7 Å². The van der Waals surface area contributed by atoms with Crippen LogP contribution in [0.3, 0.4) is 0 Å². The smallest absolute Gasteiger partial charge is 0.238 e. The van der Waals surface area contributed by atoms with Gasteiger partial charge in [-0.25, -0.2) is 4.98 Å². The van der Waals surface area contributed by atoms with Gasteiger partial charge in [0.05, 0.1) is 11.0 Å². The van der Waals surface area contributed by atoms with Crippen molar-refractivity contribution in [3.63, 3.8) is 0 Å². The predicted octanol–water partition coefficient (Wildman–Crippen LogP) is 13.8. The van der Waals surface area contributed by atoms with Crippen LogP contribution in [0, 0.1) is 0 Å². The lowest BCUT2D eigenvalue weighted by molar-refractivity contribution is 0.956. The van der Waals surface area contributed by atoms with Gasteiger partial charge >= 0.3 is 0 Å². The van der Waals surface area contributed by atoms with E-state index in [4.69, 9.17) is 15.0 Å². The molecule has 0 unspecified atom stereocenters. The third-order valence-electron chi connectivity index (χ3n) is 11.2. The number of aromatic nitrogens is 4. The quantitative estimate of drug-likeness (QED) is 0.169. The fourth-order valence-electron chi connectivity index (χ4n) is 8.78. The summed E-state index contributed by atoms with van der Waals surface area (Å²) in [6.45, 7) is 0. The van der Waals surface area contributed by atoms with E-state index < -0.39 is 0 Å². The second-order valence-electron chi connectivity index (χ2n) is 14.3. The highest BCUT2D eigenvalue weighted by atomic mass is 32.1. The largest absolute Gasteiger partial charge is 0.277 e. The second kappa shape index (κ2) is 12.2. The highest BCUT2D eigenvalue weighted by Crippen LogP contribution is 2.47. The van der Waals surface area contributed by atoms with Gasteiger partial charge in [-0.05, 0) is 50.7 Å². The number of hydrogen-bond acceptors (Lipinski definition) is 4. The SMILES string of the molecule is c1ccc(-c2nc(-c3ccc4ccccc4c3)nc(-n3c4c(-c5cccc6sc7ccccc7c56)cccc4c4c5ccccc5c5ccccc5c43)n2)cc1. The van der Waals surface area contributed by atoms with E-state index in [1.807, 2.05) is 29.5 Å². The molecule has 0 aliphatic rings. The summed E-state index contributed by atoms with van der Waals surface area (Å²) in [4.78, 5) is 16.0. The number of hydrogen-bond donors (Lipinski definition) is 0. The van der Waals surface area contributed by atoms with Gasteiger partial charge in [0.2, 0.25) is 5.95 Å². The third-order valence-corrected chi connectivity index (χ3v) is 12.4. The zero-order chi connectivity index (χ0) is 36.7. The normalized spacial score (nSPS) is 11.9. The lowest BCUT2D eigenvalue weighted by Crippen LogP contribution is -2.07. The Labute approximate surface area is 325 Å². The Morgan fingerprint density at radius 3 is 1.80 bits per heavy atom. The summed E-state index contributed by atoms with van der Waals surface area (Å²) < 4.78 is 4.88. The molecule has 0 atom stereocenters. The molecule has 12 rings (SSSR count). The molecule has 0 amide bonds. The Morgan fingerprint density at radius 2 is 0.964 bits per heavy atom. The first-order chi connectivity index (χ1) is 27.8. The Hall–Kier alpha value is -7.21. The molecule has 0 saturated heterocycles. The van der Waals surface area contributed by atoms with Crippen LogP contribution in [-0.2, 0) is 0 Å². The molecule has 0 aliphatic heterocycles. The van der Waals surface area contributed by atoms with Crippen molar-refractivity contribution in [2.75, 3.05) is 0 Å². The number of nitrogens with zero attached hydrogens (tertiary/aromatic N) is 4. The topological polar surface area (TPSA) is 43.6 Å².